The van der Waals surface area contributed by atoms with Gasteiger partial charge in [0.2, 0.25) is 0 Å². The van der Waals surface area contributed by atoms with Crippen molar-refractivity contribution in [2.45, 2.75) is 32.5 Å². The van der Waals surface area contributed by atoms with E-state index in [1.807, 2.05) is 0 Å². The largest absolute Gasteiger partial charge is 0.393 e. The number of aliphatic hydroxyl groups is 1. The molecule has 0 aliphatic carbocycles. The number of epoxide rings is 1. The van der Waals surface area contributed by atoms with Crippen LogP contribution in [0.2, 0.25) is 0 Å². The molecule has 2 aromatic carbocycles. The van der Waals surface area contributed by atoms with Crippen LogP contribution in [0.25, 0.3) is 0 Å². The normalized spacial score (nSPS) is 16.1. The fourth-order valence-corrected chi connectivity index (χ4v) is 2.72. The molecule has 2 nitrogen and oxygen atoms in total. The summed E-state index contributed by atoms with van der Waals surface area (Å²) >= 11 is 8.60. The third-order valence-electron chi connectivity index (χ3n) is 2.90. The van der Waals surface area contributed by atoms with Gasteiger partial charge in [-0.3, -0.25) is 0 Å². The lowest BCUT2D eigenvalue weighted by atomic mass is 10.1. The summed E-state index contributed by atoms with van der Waals surface area (Å²) in [6.45, 7) is 4.72. The van der Waals surface area contributed by atoms with Crippen molar-refractivity contribution >= 4 is 54.5 Å². The molecule has 1 saturated heterocycles. The third-order valence-corrected chi connectivity index (χ3v) is 6.00. The van der Waals surface area contributed by atoms with Crippen molar-refractivity contribution < 1.29 is 18.6 Å². The number of aliphatic hydroxyl groups excluding tert-OH is 1. The maximum atomic E-state index is 12.7. The van der Waals surface area contributed by atoms with E-state index in [9.17, 15) is 8.78 Å². The van der Waals surface area contributed by atoms with E-state index < -0.39 is 6.10 Å². The second-order valence-electron chi connectivity index (χ2n) is 5.49. The molecular formula is C18H19Br2F2IO2. The monoisotopic (exact) mass is 590 g/mol. The molecule has 3 rings (SSSR count). The highest BCUT2D eigenvalue weighted by molar-refractivity contribution is 14.1. The van der Waals surface area contributed by atoms with Crippen LogP contribution in [0, 0.1) is 15.2 Å². The first-order valence-corrected chi connectivity index (χ1v) is 10.2. The zero-order valence-electron chi connectivity index (χ0n) is 13.8. The first-order chi connectivity index (χ1) is 11.7. The Bertz CT molecular complexity index is 680. The second-order valence-corrected chi connectivity index (χ2v) is 8.36. The van der Waals surface area contributed by atoms with Crippen LogP contribution in [0.5, 0.6) is 0 Å². The van der Waals surface area contributed by atoms with Crippen LogP contribution in [-0.4, -0.2) is 23.9 Å². The van der Waals surface area contributed by atoms with Crippen molar-refractivity contribution in [2.75, 3.05) is 6.61 Å². The topological polar surface area (TPSA) is 32.8 Å². The smallest absolute Gasteiger partial charge is 0.124 e. The summed E-state index contributed by atoms with van der Waals surface area (Å²) in [6.07, 6.45) is 0.612. The fraction of sp³-hybridized carbons (Fsp3) is 0.333. The van der Waals surface area contributed by atoms with Crippen molar-refractivity contribution in [1.29, 1.82) is 0 Å². The molecule has 0 radical (unpaired) electrons. The molecule has 1 aliphatic heterocycles. The first-order valence-electron chi connectivity index (χ1n) is 7.53. The fourth-order valence-electron chi connectivity index (χ4n) is 1.58. The highest BCUT2D eigenvalue weighted by Crippen LogP contribution is 2.19. The lowest BCUT2D eigenvalue weighted by Crippen LogP contribution is -2.04. The van der Waals surface area contributed by atoms with Gasteiger partial charge < -0.3 is 9.84 Å². The molecule has 0 saturated carbocycles. The standard InChI is InChI=1S/C9H10BrFO.C6H3BrFI.C3H6O/c1-6(12)4-7-5-8(11)2-3-9(7)10;7-5-2-1-4(8)3-6(5)9;1-3-2-4-3/h2-3,5-6,12H,4H2,1H3;1-3H;3H,2H2,1H3/t6-;;3-/m1.1/s1. The summed E-state index contributed by atoms with van der Waals surface area (Å²) in [5, 5.41) is 9.08. The van der Waals surface area contributed by atoms with Gasteiger partial charge in [-0.25, -0.2) is 8.78 Å². The molecule has 0 spiro atoms. The van der Waals surface area contributed by atoms with Crippen LogP contribution in [-0.2, 0) is 11.2 Å². The predicted molar refractivity (Wildman–Crippen MR) is 112 cm³/mol. The molecule has 2 aromatic rings. The summed E-state index contributed by atoms with van der Waals surface area (Å²) in [5.74, 6) is -0.462. The Morgan fingerprint density at radius 2 is 1.64 bits per heavy atom. The lowest BCUT2D eigenvalue weighted by Gasteiger charge is -2.06. The number of ether oxygens (including phenoxy) is 1. The minimum atomic E-state index is -0.442. The molecule has 0 aromatic heterocycles. The number of hydrogen-bond acceptors (Lipinski definition) is 2. The zero-order valence-corrected chi connectivity index (χ0v) is 19.1. The van der Waals surface area contributed by atoms with Gasteiger partial charge in [0.15, 0.2) is 0 Å². The number of rotatable bonds is 2. The Morgan fingerprint density at radius 1 is 1.16 bits per heavy atom. The van der Waals surface area contributed by atoms with E-state index in [-0.39, 0.29) is 11.6 Å². The summed E-state index contributed by atoms with van der Waals surface area (Å²) in [7, 11) is 0. The summed E-state index contributed by atoms with van der Waals surface area (Å²) in [4.78, 5) is 0. The molecule has 1 fully saturated rings. The molecule has 1 aliphatic rings. The lowest BCUT2D eigenvalue weighted by molar-refractivity contribution is 0.195. The maximum Gasteiger partial charge on any atom is 0.124 e. The van der Waals surface area contributed by atoms with Crippen LogP contribution < -0.4 is 0 Å². The van der Waals surface area contributed by atoms with Crippen LogP contribution in [0.1, 0.15) is 19.4 Å². The van der Waals surface area contributed by atoms with Crippen molar-refractivity contribution in [1.82, 2.24) is 0 Å². The van der Waals surface area contributed by atoms with Crippen molar-refractivity contribution in [3.63, 3.8) is 0 Å². The number of halogens is 5. The van der Waals surface area contributed by atoms with Gasteiger partial charge >= 0.3 is 0 Å². The van der Waals surface area contributed by atoms with E-state index in [0.29, 0.717) is 12.5 Å². The molecule has 138 valence electrons. The second kappa shape index (κ2) is 11.6. The van der Waals surface area contributed by atoms with Gasteiger partial charge in [-0.1, -0.05) is 15.9 Å². The van der Waals surface area contributed by atoms with Crippen LogP contribution >= 0.6 is 54.5 Å². The molecular weight excluding hydrogens is 573 g/mol. The molecule has 1 heterocycles. The molecule has 1 N–H and O–H groups in total. The summed E-state index contributed by atoms with van der Waals surface area (Å²) < 4.78 is 32.4. The van der Waals surface area contributed by atoms with Gasteiger partial charge in [0.05, 0.1) is 18.8 Å². The third kappa shape index (κ3) is 10.6. The van der Waals surface area contributed by atoms with Crippen LogP contribution in [0.4, 0.5) is 8.78 Å². The minimum Gasteiger partial charge on any atom is -0.393 e. The number of benzene rings is 2. The molecule has 25 heavy (non-hydrogen) atoms. The number of hydrogen-bond donors (Lipinski definition) is 1. The van der Waals surface area contributed by atoms with Crippen molar-refractivity contribution in [3.05, 3.63) is 66.1 Å². The van der Waals surface area contributed by atoms with E-state index in [2.05, 4.69) is 61.4 Å². The van der Waals surface area contributed by atoms with Crippen LogP contribution in [0.15, 0.2) is 45.3 Å². The van der Waals surface area contributed by atoms with Gasteiger partial charge in [0.1, 0.15) is 11.6 Å². The SMILES string of the molecule is C[C@@H](O)Cc1cc(F)ccc1Br.C[C@@H]1CO1.Fc1ccc(Br)c(I)c1. The van der Waals surface area contributed by atoms with Gasteiger partial charge in [0.25, 0.3) is 0 Å². The molecule has 7 heteroatoms. The van der Waals surface area contributed by atoms with E-state index in [0.717, 1.165) is 24.7 Å². The molecule has 0 unspecified atom stereocenters. The minimum absolute atomic E-state index is 0.192. The van der Waals surface area contributed by atoms with E-state index in [1.165, 1.54) is 24.3 Å². The summed E-state index contributed by atoms with van der Waals surface area (Å²) in [6, 6.07) is 9.05. The van der Waals surface area contributed by atoms with Crippen molar-refractivity contribution in [3.8, 4) is 0 Å². The van der Waals surface area contributed by atoms with Crippen molar-refractivity contribution in [2.24, 2.45) is 0 Å². The molecule has 0 bridgehead atoms. The Hall–Kier alpha value is -0.0900. The predicted octanol–water partition coefficient (Wildman–Crippen LogP) is 6.11. The molecule has 2 atom stereocenters. The summed E-state index contributed by atoms with van der Waals surface area (Å²) in [5.41, 5.74) is 0.796. The van der Waals surface area contributed by atoms with Gasteiger partial charge in [-0.15, -0.1) is 0 Å². The molecule has 0 amide bonds. The van der Waals surface area contributed by atoms with Gasteiger partial charge in [0, 0.05) is 12.5 Å². The average molecular weight is 592 g/mol. The Labute approximate surface area is 177 Å². The Kier molecular flexibility index (Phi) is 10.6. The van der Waals surface area contributed by atoms with E-state index in [1.54, 1.807) is 19.1 Å². The van der Waals surface area contributed by atoms with Gasteiger partial charge in [-0.2, -0.15) is 0 Å². The quantitative estimate of drug-likeness (QED) is 0.260. The zero-order chi connectivity index (χ0) is 19.0. The van der Waals surface area contributed by atoms with E-state index >= 15 is 0 Å². The Balaban J connectivity index is 0.000000210. The highest BCUT2D eigenvalue weighted by atomic mass is 127. The first kappa shape index (κ1) is 23.0. The Morgan fingerprint density at radius 3 is 2.04 bits per heavy atom. The van der Waals surface area contributed by atoms with Gasteiger partial charge in [-0.05, 0) is 101 Å². The van der Waals surface area contributed by atoms with Crippen LogP contribution in [0.3, 0.4) is 0 Å². The highest BCUT2D eigenvalue weighted by Gasteiger charge is 2.13. The maximum absolute atomic E-state index is 12.7. The average Bonchev–Trinajstić information content (AvgIpc) is 3.30. The van der Waals surface area contributed by atoms with E-state index in [4.69, 9.17) is 9.84 Å².